The molecule has 3 atom stereocenters. The van der Waals surface area contributed by atoms with Crippen molar-refractivity contribution in [3.63, 3.8) is 0 Å². The average molecular weight is 546 g/mol. The molecule has 2 heterocycles. The van der Waals surface area contributed by atoms with E-state index in [0.29, 0.717) is 13.1 Å². The number of urea groups is 1. The highest BCUT2D eigenvalue weighted by Crippen LogP contribution is 2.39. The molecule has 212 valence electrons. The summed E-state index contributed by atoms with van der Waals surface area (Å²) in [7, 11) is 0. The van der Waals surface area contributed by atoms with Gasteiger partial charge in [-0.25, -0.2) is 4.79 Å². The van der Waals surface area contributed by atoms with Crippen molar-refractivity contribution >= 4 is 6.03 Å². The lowest BCUT2D eigenvalue weighted by Crippen LogP contribution is -2.44. The highest BCUT2D eigenvalue weighted by atomic mass is 16.7. The normalized spacial score (nSPS) is 21.6. The molecule has 2 saturated heterocycles. The molecule has 8 heteroatoms. The number of hydrogen-bond donors (Lipinski definition) is 3. The molecule has 8 nitrogen and oxygen atoms in total. The zero-order chi connectivity index (χ0) is 27.7. The van der Waals surface area contributed by atoms with Gasteiger partial charge < -0.3 is 30.0 Å². The molecule has 3 aromatic carbocycles. The van der Waals surface area contributed by atoms with Crippen molar-refractivity contribution in [2.24, 2.45) is 0 Å². The van der Waals surface area contributed by atoms with Crippen LogP contribution in [0.25, 0.3) is 11.1 Å². The number of carbonyl (C=O) groups is 1. The summed E-state index contributed by atoms with van der Waals surface area (Å²) < 4.78 is 18.7. The van der Waals surface area contributed by atoms with Gasteiger partial charge in [-0.15, -0.1) is 0 Å². The molecule has 0 aromatic heterocycles. The van der Waals surface area contributed by atoms with Crippen LogP contribution in [0.15, 0.2) is 72.8 Å². The first kappa shape index (κ1) is 28.3. The van der Waals surface area contributed by atoms with Gasteiger partial charge in [0, 0.05) is 44.7 Å². The fourth-order valence-electron chi connectivity index (χ4n) is 5.24. The van der Waals surface area contributed by atoms with Crippen LogP contribution in [-0.4, -0.2) is 61.5 Å². The number of aliphatic hydroxyl groups is 1. The number of rotatable bonds is 9. The molecule has 0 saturated carbocycles. The maximum atomic E-state index is 11.8. The van der Waals surface area contributed by atoms with Crippen molar-refractivity contribution in [2.45, 2.75) is 45.0 Å². The molecule has 2 aliphatic heterocycles. The fourth-order valence-corrected chi connectivity index (χ4v) is 5.24. The third-order valence-electron chi connectivity index (χ3n) is 7.39. The van der Waals surface area contributed by atoms with Gasteiger partial charge in [0.15, 0.2) is 6.29 Å². The first-order valence-corrected chi connectivity index (χ1v) is 14.1. The number of amides is 2. The fraction of sp³-hybridized carbons (Fsp3) is 0.406. The summed E-state index contributed by atoms with van der Waals surface area (Å²) in [6.07, 6.45) is 0.133. The van der Waals surface area contributed by atoms with Crippen molar-refractivity contribution in [2.75, 3.05) is 39.4 Å². The smallest absolute Gasteiger partial charge is 0.315 e. The van der Waals surface area contributed by atoms with E-state index in [1.165, 1.54) is 0 Å². The summed E-state index contributed by atoms with van der Waals surface area (Å²) in [6, 6.07) is 24.3. The number of nitrogens with zero attached hydrogens (tertiary/aromatic N) is 1. The Kier molecular flexibility index (Phi) is 9.81. The van der Waals surface area contributed by atoms with E-state index in [-0.39, 0.29) is 24.8 Å². The second-order valence-corrected chi connectivity index (χ2v) is 10.3. The Morgan fingerprint density at radius 2 is 1.65 bits per heavy atom. The van der Waals surface area contributed by atoms with Crippen molar-refractivity contribution in [3.8, 4) is 11.1 Å². The van der Waals surface area contributed by atoms with E-state index in [0.717, 1.165) is 72.6 Å². The quantitative estimate of drug-likeness (QED) is 0.366. The van der Waals surface area contributed by atoms with Crippen LogP contribution in [0.5, 0.6) is 0 Å². The van der Waals surface area contributed by atoms with E-state index in [1.54, 1.807) is 0 Å². The molecule has 0 aliphatic carbocycles. The van der Waals surface area contributed by atoms with Crippen LogP contribution >= 0.6 is 0 Å². The molecular weight excluding hydrogens is 506 g/mol. The third-order valence-corrected chi connectivity index (χ3v) is 7.39. The average Bonchev–Trinajstić information content (AvgIpc) is 3.01. The van der Waals surface area contributed by atoms with Gasteiger partial charge in [-0.3, -0.25) is 4.90 Å². The molecule has 5 rings (SSSR count). The van der Waals surface area contributed by atoms with E-state index in [9.17, 15) is 9.90 Å². The number of ether oxygens (including phenoxy) is 3. The number of morpholine rings is 1. The van der Waals surface area contributed by atoms with Gasteiger partial charge in [-0.1, -0.05) is 60.7 Å². The number of benzene rings is 3. The van der Waals surface area contributed by atoms with Gasteiger partial charge in [0.1, 0.15) is 0 Å². The summed E-state index contributed by atoms with van der Waals surface area (Å²) in [5.74, 6) is 0. The summed E-state index contributed by atoms with van der Waals surface area (Å²) in [4.78, 5) is 14.2. The predicted molar refractivity (Wildman–Crippen MR) is 153 cm³/mol. The van der Waals surface area contributed by atoms with Crippen LogP contribution in [0.3, 0.4) is 0 Å². The molecule has 3 N–H and O–H groups in total. The summed E-state index contributed by atoms with van der Waals surface area (Å²) in [6.45, 7) is 7.09. The van der Waals surface area contributed by atoms with Crippen LogP contribution in [0, 0.1) is 0 Å². The summed E-state index contributed by atoms with van der Waals surface area (Å²) in [5.41, 5.74) is 6.08. The van der Waals surface area contributed by atoms with Crippen molar-refractivity contribution in [3.05, 3.63) is 95.1 Å². The van der Waals surface area contributed by atoms with Crippen LogP contribution < -0.4 is 10.6 Å². The first-order chi connectivity index (χ1) is 19.6. The molecule has 2 fully saturated rings. The van der Waals surface area contributed by atoms with E-state index < -0.39 is 6.29 Å². The minimum Gasteiger partial charge on any atom is -0.392 e. The number of aliphatic hydroxyl groups excluding tert-OH is 1. The largest absolute Gasteiger partial charge is 0.392 e. The maximum Gasteiger partial charge on any atom is 0.315 e. The Bertz CT molecular complexity index is 1250. The lowest BCUT2D eigenvalue weighted by atomic mass is 9.98. The van der Waals surface area contributed by atoms with E-state index in [4.69, 9.17) is 14.2 Å². The Balaban J connectivity index is 1.35. The summed E-state index contributed by atoms with van der Waals surface area (Å²) >= 11 is 0. The second-order valence-electron chi connectivity index (χ2n) is 10.3. The molecule has 2 aliphatic rings. The van der Waals surface area contributed by atoms with E-state index >= 15 is 0 Å². The molecule has 3 unspecified atom stereocenters. The van der Waals surface area contributed by atoms with Crippen LogP contribution in [-0.2, 0) is 27.4 Å². The SMILES string of the molecule is CCNC(=O)NCc1cccc(-c2cccc(C3OC(CN4CCOCC4)CC(c4ccc(CO)cc4)O3)c2)c1. The molecule has 0 spiro atoms. The molecule has 2 amide bonds. The second kappa shape index (κ2) is 13.9. The van der Waals surface area contributed by atoms with Gasteiger partial charge in [-0.05, 0) is 46.9 Å². The van der Waals surface area contributed by atoms with Crippen molar-refractivity contribution in [1.29, 1.82) is 0 Å². The Hall–Kier alpha value is -3.27. The molecule has 0 radical (unpaired) electrons. The highest BCUT2D eigenvalue weighted by molar-refractivity contribution is 5.74. The van der Waals surface area contributed by atoms with Gasteiger partial charge in [0.25, 0.3) is 0 Å². The topological polar surface area (TPSA) is 92.3 Å². The monoisotopic (exact) mass is 545 g/mol. The Morgan fingerprint density at radius 3 is 2.40 bits per heavy atom. The standard InChI is InChI=1S/C32H39N3O5/c1-2-33-32(37)34-20-24-5-3-6-26(17-24)27-7-4-8-28(18-27)31-39-29(21-35-13-15-38-16-14-35)19-30(40-31)25-11-9-23(22-36)10-12-25/h3-12,17-18,29-31,36H,2,13-16,19-22H2,1H3,(H2,33,34,37). The van der Waals surface area contributed by atoms with E-state index in [2.05, 4.69) is 45.9 Å². The number of hydrogen-bond acceptors (Lipinski definition) is 6. The van der Waals surface area contributed by atoms with Crippen molar-refractivity contribution in [1.82, 2.24) is 15.5 Å². The van der Waals surface area contributed by atoms with Gasteiger partial charge in [0.2, 0.25) is 0 Å². The molecular formula is C32H39N3O5. The lowest BCUT2D eigenvalue weighted by molar-refractivity contribution is -0.253. The van der Waals surface area contributed by atoms with Gasteiger partial charge in [-0.2, -0.15) is 0 Å². The lowest BCUT2D eigenvalue weighted by Gasteiger charge is -2.39. The molecule has 40 heavy (non-hydrogen) atoms. The van der Waals surface area contributed by atoms with Gasteiger partial charge >= 0.3 is 6.03 Å². The minimum atomic E-state index is -0.509. The predicted octanol–water partition coefficient (Wildman–Crippen LogP) is 4.54. The number of nitrogens with one attached hydrogen (secondary N) is 2. The Morgan fingerprint density at radius 1 is 0.900 bits per heavy atom. The highest BCUT2D eigenvalue weighted by Gasteiger charge is 2.33. The van der Waals surface area contributed by atoms with Crippen LogP contribution in [0.2, 0.25) is 0 Å². The zero-order valence-corrected chi connectivity index (χ0v) is 23.1. The maximum absolute atomic E-state index is 11.8. The van der Waals surface area contributed by atoms with Crippen LogP contribution in [0.4, 0.5) is 4.79 Å². The Labute approximate surface area is 236 Å². The van der Waals surface area contributed by atoms with E-state index in [1.807, 2.05) is 49.4 Å². The first-order valence-electron chi connectivity index (χ1n) is 14.1. The zero-order valence-electron chi connectivity index (χ0n) is 23.1. The number of carbonyl (C=O) groups excluding carboxylic acids is 1. The molecule has 3 aromatic rings. The van der Waals surface area contributed by atoms with Crippen molar-refractivity contribution < 1.29 is 24.1 Å². The van der Waals surface area contributed by atoms with Gasteiger partial charge in [0.05, 0.1) is 32.0 Å². The minimum absolute atomic E-state index is 0.00620. The van der Waals surface area contributed by atoms with Crippen LogP contribution in [0.1, 0.15) is 48.0 Å². The third kappa shape index (κ3) is 7.47. The molecule has 0 bridgehead atoms. The summed E-state index contributed by atoms with van der Waals surface area (Å²) in [5, 5.41) is 15.1.